The number of rotatable bonds is 6. The molecule has 0 aromatic heterocycles. The first-order valence-electron chi connectivity index (χ1n) is 5.19. The van der Waals surface area contributed by atoms with Crippen molar-refractivity contribution >= 4 is 0 Å². The smallest absolute Gasteiger partial charge is 0.327 e. The second-order valence-electron chi connectivity index (χ2n) is 3.94. The third-order valence-electron chi connectivity index (χ3n) is 2.47. The standard InChI is InChI=1S/C10H20F3N/c1-3-5-9(14)8(2)6-4-7-10(11,12)13/h8-9H,3-7,14H2,1-2H3. The topological polar surface area (TPSA) is 26.0 Å². The number of hydrogen-bond donors (Lipinski definition) is 1. The van der Waals surface area contributed by atoms with Gasteiger partial charge in [0.05, 0.1) is 0 Å². The van der Waals surface area contributed by atoms with Crippen molar-refractivity contribution in [3.63, 3.8) is 0 Å². The first-order valence-corrected chi connectivity index (χ1v) is 5.19. The molecule has 86 valence electrons. The lowest BCUT2D eigenvalue weighted by Gasteiger charge is -2.19. The van der Waals surface area contributed by atoms with Crippen LogP contribution in [0.5, 0.6) is 0 Å². The normalized spacial score (nSPS) is 16.7. The molecule has 0 fully saturated rings. The molecular formula is C10H20F3N. The third kappa shape index (κ3) is 7.18. The average molecular weight is 211 g/mol. The Kier molecular flexibility index (Phi) is 6.16. The predicted molar refractivity (Wildman–Crippen MR) is 52.0 cm³/mol. The minimum Gasteiger partial charge on any atom is -0.327 e. The zero-order valence-corrected chi connectivity index (χ0v) is 8.90. The van der Waals surface area contributed by atoms with Crippen molar-refractivity contribution in [1.29, 1.82) is 0 Å². The van der Waals surface area contributed by atoms with E-state index in [1.54, 1.807) is 0 Å². The molecule has 0 saturated carbocycles. The largest absolute Gasteiger partial charge is 0.389 e. The summed E-state index contributed by atoms with van der Waals surface area (Å²) in [5.41, 5.74) is 5.80. The average Bonchev–Trinajstić information content (AvgIpc) is 2.02. The van der Waals surface area contributed by atoms with Crippen LogP contribution in [0.2, 0.25) is 0 Å². The van der Waals surface area contributed by atoms with E-state index in [1.807, 2.05) is 13.8 Å². The fourth-order valence-electron chi connectivity index (χ4n) is 1.46. The van der Waals surface area contributed by atoms with Crippen molar-refractivity contribution in [2.75, 3.05) is 0 Å². The van der Waals surface area contributed by atoms with Crippen molar-refractivity contribution in [2.45, 2.75) is 58.2 Å². The lowest BCUT2D eigenvalue weighted by Crippen LogP contribution is -2.28. The van der Waals surface area contributed by atoms with Gasteiger partial charge in [-0.1, -0.05) is 20.3 Å². The van der Waals surface area contributed by atoms with E-state index in [0.717, 1.165) is 12.8 Å². The third-order valence-corrected chi connectivity index (χ3v) is 2.47. The molecule has 0 saturated heterocycles. The summed E-state index contributed by atoms with van der Waals surface area (Å²) >= 11 is 0. The number of alkyl halides is 3. The highest BCUT2D eigenvalue weighted by Crippen LogP contribution is 2.24. The first kappa shape index (κ1) is 13.8. The number of hydrogen-bond acceptors (Lipinski definition) is 1. The summed E-state index contributed by atoms with van der Waals surface area (Å²) in [6.45, 7) is 3.96. The SMILES string of the molecule is CCCC(N)C(C)CCCC(F)(F)F. The van der Waals surface area contributed by atoms with E-state index in [2.05, 4.69) is 0 Å². The molecule has 0 aliphatic carbocycles. The van der Waals surface area contributed by atoms with E-state index >= 15 is 0 Å². The van der Waals surface area contributed by atoms with Gasteiger partial charge in [0, 0.05) is 12.5 Å². The Morgan fingerprint density at radius 2 is 1.79 bits per heavy atom. The number of halogens is 3. The molecule has 0 aromatic rings. The van der Waals surface area contributed by atoms with Crippen LogP contribution < -0.4 is 5.73 Å². The van der Waals surface area contributed by atoms with Crippen LogP contribution in [-0.2, 0) is 0 Å². The summed E-state index contributed by atoms with van der Waals surface area (Å²) in [5.74, 6) is 0.192. The summed E-state index contributed by atoms with van der Waals surface area (Å²) in [6, 6.07) is 0.0493. The fraction of sp³-hybridized carbons (Fsp3) is 1.00. The van der Waals surface area contributed by atoms with Gasteiger partial charge in [-0.15, -0.1) is 0 Å². The lowest BCUT2D eigenvalue weighted by atomic mass is 9.93. The Balaban J connectivity index is 3.58. The van der Waals surface area contributed by atoms with Crippen LogP contribution in [0.4, 0.5) is 13.2 Å². The minimum absolute atomic E-state index is 0.0493. The van der Waals surface area contributed by atoms with Crippen molar-refractivity contribution in [3.8, 4) is 0 Å². The molecule has 0 spiro atoms. The molecule has 2 atom stereocenters. The molecule has 0 aliphatic heterocycles. The van der Waals surface area contributed by atoms with Crippen LogP contribution in [0.15, 0.2) is 0 Å². The van der Waals surface area contributed by atoms with Gasteiger partial charge in [-0.25, -0.2) is 0 Å². The molecule has 0 amide bonds. The summed E-state index contributed by atoms with van der Waals surface area (Å²) in [5, 5.41) is 0. The molecule has 2 N–H and O–H groups in total. The Bertz CT molecular complexity index is 145. The van der Waals surface area contributed by atoms with E-state index in [9.17, 15) is 13.2 Å². The molecule has 0 aromatic carbocycles. The van der Waals surface area contributed by atoms with E-state index < -0.39 is 12.6 Å². The van der Waals surface area contributed by atoms with Crippen molar-refractivity contribution in [3.05, 3.63) is 0 Å². The molecule has 0 rings (SSSR count). The highest BCUT2D eigenvalue weighted by atomic mass is 19.4. The maximum Gasteiger partial charge on any atom is 0.389 e. The highest BCUT2D eigenvalue weighted by Gasteiger charge is 2.26. The first-order chi connectivity index (χ1) is 6.37. The molecule has 14 heavy (non-hydrogen) atoms. The van der Waals surface area contributed by atoms with E-state index in [4.69, 9.17) is 5.73 Å². The van der Waals surface area contributed by atoms with Gasteiger partial charge >= 0.3 is 6.18 Å². The highest BCUT2D eigenvalue weighted by molar-refractivity contribution is 4.69. The van der Waals surface area contributed by atoms with Crippen LogP contribution in [0.25, 0.3) is 0 Å². The second-order valence-corrected chi connectivity index (χ2v) is 3.94. The Hall–Kier alpha value is -0.250. The second kappa shape index (κ2) is 6.27. The summed E-state index contributed by atoms with van der Waals surface area (Å²) in [6.07, 6.45) is -2.05. The van der Waals surface area contributed by atoms with Crippen molar-refractivity contribution < 1.29 is 13.2 Å². The van der Waals surface area contributed by atoms with Crippen LogP contribution in [0, 0.1) is 5.92 Å². The van der Waals surface area contributed by atoms with Gasteiger partial charge in [0.15, 0.2) is 0 Å². The van der Waals surface area contributed by atoms with Crippen LogP contribution in [0.3, 0.4) is 0 Å². The molecule has 0 heterocycles. The van der Waals surface area contributed by atoms with Crippen molar-refractivity contribution in [1.82, 2.24) is 0 Å². The molecule has 0 aliphatic rings. The molecule has 4 heteroatoms. The van der Waals surface area contributed by atoms with Gasteiger partial charge < -0.3 is 5.73 Å². The molecule has 1 nitrogen and oxygen atoms in total. The fourth-order valence-corrected chi connectivity index (χ4v) is 1.46. The Labute approximate surface area is 83.9 Å². The van der Waals surface area contributed by atoms with Gasteiger partial charge in [-0.3, -0.25) is 0 Å². The number of nitrogens with two attached hydrogens (primary N) is 1. The maximum absolute atomic E-state index is 11.8. The Morgan fingerprint density at radius 1 is 1.21 bits per heavy atom. The zero-order chi connectivity index (χ0) is 11.2. The maximum atomic E-state index is 11.8. The summed E-state index contributed by atoms with van der Waals surface area (Å²) in [4.78, 5) is 0. The van der Waals surface area contributed by atoms with E-state index in [0.29, 0.717) is 6.42 Å². The lowest BCUT2D eigenvalue weighted by molar-refractivity contribution is -0.136. The quantitative estimate of drug-likeness (QED) is 0.715. The molecule has 0 radical (unpaired) electrons. The predicted octanol–water partition coefficient (Wildman–Crippen LogP) is 3.48. The van der Waals surface area contributed by atoms with Gasteiger partial charge in [-0.2, -0.15) is 13.2 Å². The van der Waals surface area contributed by atoms with Gasteiger partial charge in [-0.05, 0) is 25.2 Å². The van der Waals surface area contributed by atoms with Crippen LogP contribution >= 0.6 is 0 Å². The van der Waals surface area contributed by atoms with Gasteiger partial charge in [0.25, 0.3) is 0 Å². The van der Waals surface area contributed by atoms with Crippen molar-refractivity contribution in [2.24, 2.45) is 11.7 Å². The molecule has 0 bridgehead atoms. The molecule has 2 unspecified atom stereocenters. The zero-order valence-electron chi connectivity index (χ0n) is 8.90. The van der Waals surface area contributed by atoms with E-state index in [1.165, 1.54) is 0 Å². The Morgan fingerprint density at radius 3 is 2.21 bits per heavy atom. The van der Waals surface area contributed by atoms with Gasteiger partial charge in [0.1, 0.15) is 0 Å². The van der Waals surface area contributed by atoms with Crippen LogP contribution in [0.1, 0.15) is 46.0 Å². The molecular weight excluding hydrogens is 191 g/mol. The van der Waals surface area contributed by atoms with Crippen LogP contribution in [-0.4, -0.2) is 12.2 Å². The summed E-state index contributed by atoms with van der Waals surface area (Å²) < 4.78 is 35.5. The minimum atomic E-state index is -4.02. The summed E-state index contributed by atoms with van der Waals surface area (Å²) in [7, 11) is 0. The monoisotopic (exact) mass is 211 g/mol. The van der Waals surface area contributed by atoms with Gasteiger partial charge in [0.2, 0.25) is 0 Å². The van der Waals surface area contributed by atoms with E-state index in [-0.39, 0.29) is 18.4 Å².